The number of nitrogens with zero attached hydrogens (tertiary/aromatic N) is 2. The summed E-state index contributed by atoms with van der Waals surface area (Å²) in [6, 6.07) is 6.45. The molecule has 0 bridgehead atoms. The molecule has 4 nitrogen and oxygen atoms in total. The summed E-state index contributed by atoms with van der Waals surface area (Å²) >= 11 is 0. The molecule has 2 rings (SSSR count). The SMILES string of the molecule is Cc1ccc(C(C)C)c(Oc2ncc(CO)c(C)n2)c1. The minimum Gasteiger partial charge on any atom is -0.424 e. The van der Waals surface area contributed by atoms with E-state index in [0.717, 1.165) is 22.6 Å². The van der Waals surface area contributed by atoms with Crippen molar-refractivity contribution in [3.8, 4) is 11.8 Å². The molecular formula is C16H20N2O2. The van der Waals surface area contributed by atoms with Crippen molar-refractivity contribution in [1.29, 1.82) is 0 Å². The predicted molar refractivity (Wildman–Crippen MR) is 78.0 cm³/mol. The van der Waals surface area contributed by atoms with E-state index in [1.165, 1.54) is 0 Å². The molecule has 106 valence electrons. The highest BCUT2D eigenvalue weighted by molar-refractivity contribution is 5.40. The summed E-state index contributed by atoms with van der Waals surface area (Å²) in [5, 5.41) is 9.13. The van der Waals surface area contributed by atoms with E-state index < -0.39 is 0 Å². The second-order valence-corrected chi connectivity index (χ2v) is 5.22. The van der Waals surface area contributed by atoms with Crippen molar-refractivity contribution >= 4 is 0 Å². The molecule has 1 aromatic carbocycles. The lowest BCUT2D eigenvalue weighted by molar-refractivity contribution is 0.279. The van der Waals surface area contributed by atoms with Crippen LogP contribution in [-0.4, -0.2) is 15.1 Å². The molecule has 0 amide bonds. The summed E-state index contributed by atoms with van der Waals surface area (Å²) in [6.45, 7) is 8.04. The Labute approximate surface area is 119 Å². The monoisotopic (exact) mass is 272 g/mol. The Bertz CT molecular complexity index is 609. The lowest BCUT2D eigenvalue weighted by Crippen LogP contribution is -2.01. The van der Waals surface area contributed by atoms with Gasteiger partial charge in [-0.05, 0) is 37.0 Å². The smallest absolute Gasteiger partial charge is 0.322 e. The maximum absolute atomic E-state index is 9.13. The standard InChI is InChI=1S/C16H20N2O2/c1-10(2)14-6-5-11(3)7-15(14)20-16-17-8-13(9-19)12(4)18-16/h5-8,10,19H,9H2,1-4H3. The van der Waals surface area contributed by atoms with Gasteiger partial charge < -0.3 is 9.84 Å². The van der Waals surface area contributed by atoms with Crippen LogP contribution in [0.1, 0.15) is 42.1 Å². The van der Waals surface area contributed by atoms with Crippen LogP contribution in [0.5, 0.6) is 11.8 Å². The average molecular weight is 272 g/mol. The summed E-state index contributed by atoms with van der Waals surface area (Å²) in [7, 11) is 0. The first-order valence-corrected chi connectivity index (χ1v) is 6.73. The molecule has 0 saturated heterocycles. The zero-order chi connectivity index (χ0) is 14.7. The Balaban J connectivity index is 2.34. The summed E-state index contributed by atoms with van der Waals surface area (Å²) in [5.41, 5.74) is 3.71. The number of benzene rings is 1. The predicted octanol–water partition coefficient (Wildman–Crippen LogP) is 3.50. The van der Waals surface area contributed by atoms with E-state index in [-0.39, 0.29) is 6.61 Å². The van der Waals surface area contributed by atoms with Crippen molar-refractivity contribution in [2.75, 3.05) is 0 Å². The molecule has 0 fully saturated rings. The van der Waals surface area contributed by atoms with Gasteiger partial charge in [-0.1, -0.05) is 26.0 Å². The van der Waals surface area contributed by atoms with Gasteiger partial charge in [-0.2, -0.15) is 4.98 Å². The van der Waals surface area contributed by atoms with Crippen molar-refractivity contribution in [2.45, 2.75) is 40.2 Å². The van der Waals surface area contributed by atoms with Gasteiger partial charge in [-0.3, -0.25) is 0 Å². The van der Waals surface area contributed by atoms with E-state index in [9.17, 15) is 0 Å². The topological polar surface area (TPSA) is 55.2 Å². The normalized spacial score (nSPS) is 10.9. The Morgan fingerprint density at radius 2 is 2.00 bits per heavy atom. The zero-order valence-electron chi connectivity index (χ0n) is 12.3. The number of aliphatic hydroxyl groups is 1. The van der Waals surface area contributed by atoms with Crippen molar-refractivity contribution in [1.82, 2.24) is 9.97 Å². The number of aliphatic hydroxyl groups excluding tert-OH is 1. The van der Waals surface area contributed by atoms with E-state index in [1.807, 2.05) is 19.9 Å². The average Bonchev–Trinajstić information content (AvgIpc) is 2.38. The second-order valence-electron chi connectivity index (χ2n) is 5.22. The van der Waals surface area contributed by atoms with E-state index in [1.54, 1.807) is 6.20 Å². The summed E-state index contributed by atoms with van der Waals surface area (Å²) in [4.78, 5) is 8.42. The number of rotatable bonds is 4. The maximum Gasteiger partial charge on any atom is 0.322 e. The molecule has 0 unspecified atom stereocenters. The minimum atomic E-state index is -0.0617. The lowest BCUT2D eigenvalue weighted by atomic mass is 10.0. The molecule has 0 aliphatic rings. The minimum absolute atomic E-state index is 0.0617. The molecule has 20 heavy (non-hydrogen) atoms. The molecule has 0 aliphatic carbocycles. The number of hydrogen-bond donors (Lipinski definition) is 1. The van der Waals surface area contributed by atoms with Crippen LogP contribution in [0.2, 0.25) is 0 Å². The third kappa shape index (κ3) is 3.14. The molecule has 1 heterocycles. The lowest BCUT2D eigenvalue weighted by Gasteiger charge is -2.14. The van der Waals surface area contributed by atoms with E-state index >= 15 is 0 Å². The molecule has 0 aliphatic heterocycles. The summed E-state index contributed by atoms with van der Waals surface area (Å²) in [5.74, 6) is 1.15. The molecule has 1 aromatic heterocycles. The number of ether oxygens (including phenoxy) is 1. The van der Waals surface area contributed by atoms with Gasteiger partial charge in [0.1, 0.15) is 5.75 Å². The highest BCUT2D eigenvalue weighted by Crippen LogP contribution is 2.30. The Kier molecular flexibility index (Phi) is 4.35. The first-order chi connectivity index (χ1) is 9.51. The van der Waals surface area contributed by atoms with Crippen molar-refractivity contribution < 1.29 is 9.84 Å². The molecule has 0 spiro atoms. The number of aromatic nitrogens is 2. The van der Waals surface area contributed by atoms with Gasteiger partial charge in [0, 0.05) is 11.8 Å². The van der Waals surface area contributed by atoms with Gasteiger partial charge in [0.2, 0.25) is 0 Å². The molecule has 0 atom stereocenters. The highest BCUT2D eigenvalue weighted by Gasteiger charge is 2.11. The number of hydrogen-bond acceptors (Lipinski definition) is 4. The summed E-state index contributed by atoms with van der Waals surface area (Å²) in [6.07, 6.45) is 1.60. The Morgan fingerprint density at radius 3 is 2.60 bits per heavy atom. The van der Waals surface area contributed by atoms with Crippen LogP contribution in [0.4, 0.5) is 0 Å². The third-order valence-electron chi connectivity index (χ3n) is 3.22. The fourth-order valence-corrected chi connectivity index (χ4v) is 1.98. The summed E-state index contributed by atoms with van der Waals surface area (Å²) < 4.78 is 5.83. The Morgan fingerprint density at radius 1 is 1.25 bits per heavy atom. The van der Waals surface area contributed by atoms with Crippen molar-refractivity contribution in [2.24, 2.45) is 0 Å². The van der Waals surface area contributed by atoms with E-state index in [0.29, 0.717) is 17.5 Å². The van der Waals surface area contributed by atoms with Gasteiger partial charge in [-0.15, -0.1) is 0 Å². The fraction of sp³-hybridized carbons (Fsp3) is 0.375. The first-order valence-electron chi connectivity index (χ1n) is 6.73. The van der Waals surface area contributed by atoms with Crippen LogP contribution in [0.25, 0.3) is 0 Å². The highest BCUT2D eigenvalue weighted by atomic mass is 16.5. The first kappa shape index (κ1) is 14.5. The van der Waals surface area contributed by atoms with Crippen molar-refractivity contribution in [3.63, 3.8) is 0 Å². The molecule has 0 saturated carbocycles. The molecule has 1 N–H and O–H groups in total. The molecule has 0 radical (unpaired) electrons. The second kappa shape index (κ2) is 6.01. The number of aryl methyl sites for hydroxylation is 2. The molecular weight excluding hydrogens is 252 g/mol. The van der Waals surface area contributed by atoms with Gasteiger partial charge >= 0.3 is 6.01 Å². The molecule has 2 aromatic rings. The fourth-order valence-electron chi connectivity index (χ4n) is 1.98. The van der Waals surface area contributed by atoms with E-state index in [4.69, 9.17) is 9.84 Å². The molecule has 4 heteroatoms. The zero-order valence-corrected chi connectivity index (χ0v) is 12.3. The van der Waals surface area contributed by atoms with Crippen molar-refractivity contribution in [3.05, 3.63) is 46.8 Å². The van der Waals surface area contributed by atoms with E-state index in [2.05, 4.69) is 35.9 Å². The van der Waals surface area contributed by atoms with Crippen LogP contribution in [0.15, 0.2) is 24.4 Å². The van der Waals surface area contributed by atoms with Gasteiger partial charge in [0.25, 0.3) is 0 Å². The van der Waals surface area contributed by atoms with Crippen LogP contribution in [-0.2, 0) is 6.61 Å². The third-order valence-corrected chi connectivity index (χ3v) is 3.22. The quantitative estimate of drug-likeness (QED) is 0.925. The Hall–Kier alpha value is -1.94. The van der Waals surface area contributed by atoms with Gasteiger partial charge in [-0.25, -0.2) is 4.98 Å². The van der Waals surface area contributed by atoms with Crippen LogP contribution in [0.3, 0.4) is 0 Å². The van der Waals surface area contributed by atoms with Crippen LogP contribution < -0.4 is 4.74 Å². The maximum atomic E-state index is 9.13. The van der Waals surface area contributed by atoms with Crippen LogP contribution >= 0.6 is 0 Å². The largest absolute Gasteiger partial charge is 0.424 e. The van der Waals surface area contributed by atoms with Gasteiger partial charge in [0.05, 0.1) is 12.3 Å². The van der Waals surface area contributed by atoms with Gasteiger partial charge in [0.15, 0.2) is 0 Å². The van der Waals surface area contributed by atoms with Crippen LogP contribution in [0, 0.1) is 13.8 Å².